The SMILES string of the molecule is Cc1cccc(C)c1-c1ccc2c(c1)-c1cc(-c3c(C)cccc3C)ccc1C2Cc1c(Br)ccc(Br)c1CC1c2ccc(-c3c(C)cccc3C)cc2-c2cc(-c3c(C)cccc3C)ccc21. The maximum absolute atomic E-state index is 4.17. The second kappa shape index (κ2) is 17.5. The van der Waals surface area contributed by atoms with Gasteiger partial charge in [0.1, 0.15) is 0 Å². The third-order valence-corrected chi connectivity index (χ3v) is 17.0. The van der Waals surface area contributed by atoms with E-state index in [4.69, 9.17) is 0 Å². The minimum absolute atomic E-state index is 0.186. The van der Waals surface area contributed by atoms with Crippen molar-refractivity contribution >= 4 is 31.9 Å². The van der Waals surface area contributed by atoms with Crippen molar-refractivity contribution in [2.24, 2.45) is 0 Å². The first-order valence-corrected chi connectivity index (χ1v) is 25.7. The highest BCUT2D eigenvalue weighted by Crippen LogP contribution is 2.53. The zero-order chi connectivity index (χ0) is 47.1. The van der Waals surface area contributed by atoms with Crippen LogP contribution < -0.4 is 0 Å². The minimum Gasteiger partial charge on any atom is -0.0617 e. The Morgan fingerprint density at radius 1 is 0.294 bits per heavy atom. The van der Waals surface area contributed by atoms with Gasteiger partial charge in [-0.15, -0.1) is 0 Å². The number of aryl methyl sites for hydroxylation is 8. The predicted molar refractivity (Wildman–Crippen MR) is 296 cm³/mol. The van der Waals surface area contributed by atoms with E-state index in [1.54, 1.807) is 0 Å². The van der Waals surface area contributed by atoms with E-state index in [9.17, 15) is 0 Å². The molecule has 2 aliphatic rings. The second-order valence-electron chi connectivity index (χ2n) is 19.8. The van der Waals surface area contributed by atoms with Crippen molar-refractivity contribution in [2.45, 2.75) is 80.1 Å². The summed E-state index contributed by atoms with van der Waals surface area (Å²) in [4.78, 5) is 0. The summed E-state index contributed by atoms with van der Waals surface area (Å²) in [6, 6.07) is 60.4. The fourth-order valence-electron chi connectivity index (χ4n) is 12.3. The Morgan fingerprint density at radius 3 is 0.735 bits per heavy atom. The van der Waals surface area contributed by atoms with Gasteiger partial charge in [0.05, 0.1) is 0 Å². The molecule has 9 aromatic rings. The number of rotatable bonds is 8. The first kappa shape index (κ1) is 44.4. The van der Waals surface area contributed by atoms with E-state index in [1.807, 2.05) is 0 Å². The van der Waals surface area contributed by atoms with E-state index >= 15 is 0 Å². The molecule has 0 saturated carbocycles. The lowest BCUT2D eigenvalue weighted by atomic mass is 9.83. The van der Waals surface area contributed by atoms with E-state index in [1.165, 1.54) is 154 Å². The molecule has 2 heteroatoms. The highest BCUT2D eigenvalue weighted by Gasteiger charge is 2.35. The van der Waals surface area contributed by atoms with Crippen molar-refractivity contribution in [3.8, 4) is 66.8 Å². The first-order valence-electron chi connectivity index (χ1n) is 24.1. The fourth-order valence-corrected chi connectivity index (χ4v) is 13.4. The molecule has 0 N–H and O–H groups in total. The lowest BCUT2D eigenvalue weighted by Gasteiger charge is -2.23. The zero-order valence-electron chi connectivity index (χ0n) is 40.3. The van der Waals surface area contributed by atoms with Crippen molar-refractivity contribution in [3.63, 3.8) is 0 Å². The number of hydrogen-bond donors (Lipinski definition) is 0. The second-order valence-corrected chi connectivity index (χ2v) is 21.5. The lowest BCUT2D eigenvalue weighted by Crippen LogP contribution is -2.09. The summed E-state index contributed by atoms with van der Waals surface area (Å²) in [5.74, 6) is 0.373. The Hall–Kier alpha value is -6.06. The number of benzene rings is 9. The van der Waals surface area contributed by atoms with Crippen molar-refractivity contribution in [1.29, 1.82) is 0 Å². The van der Waals surface area contributed by atoms with Crippen molar-refractivity contribution in [2.75, 3.05) is 0 Å². The van der Waals surface area contributed by atoms with Crippen molar-refractivity contribution in [1.82, 2.24) is 0 Å². The van der Waals surface area contributed by atoms with Gasteiger partial charge in [-0.25, -0.2) is 0 Å². The Labute approximate surface area is 420 Å². The quantitative estimate of drug-likeness (QED) is 0.142. The van der Waals surface area contributed by atoms with Crippen molar-refractivity contribution in [3.05, 3.63) is 245 Å². The highest BCUT2D eigenvalue weighted by atomic mass is 79.9. The molecule has 0 saturated heterocycles. The maximum atomic E-state index is 4.17. The van der Waals surface area contributed by atoms with Gasteiger partial charge in [-0.1, -0.05) is 153 Å². The molecular formula is C66H56Br2. The van der Waals surface area contributed by atoms with Crippen LogP contribution in [0.5, 0.6) is 0 Å². The minimum atomic E-state index is 0.186. The van der Waals surface area contributed by atoms with Gasteiger partial charge in [0.15, 0.2) is 0 Å². The molecule has 2 aliphatic carbocycles. The Bertz CT molecular complexity index is 3010. The van der Waals surface area contributed by atoms with E-state index in [2.05, 4.69) is 245 Å². The summed E-state index contributed by atoms with van der Waals surface area (Å²) in [6.07, 6.45) is 1.76. The van der Waals surface area contributed by atoms with Crippen LogP contribution in [0.1, 0.15) is 89.7 Å². The average molecular weight is 1010 g/mol. The molecule has 0 heterocycles. The molecule has 0 bridgehead atoms. The van der Waals surface area contributed by atoms with E-state index in [0.29, 0.717) is 0 Å². The Kier molecular flexibility index (Phi) is 11.4. The molecule has 68 heavy (non-hydrogen) atoms. The van der Waals surface area contributed by atoms with Crippen LogP contribution in [-0.4, -0.2) is 0 Å². The topological polar surface area (TPSA) is 0 Å². The van der Waals surface area contributed by atoms with Crippen LogP contribution in [0, 0.1) is 55.4 Å². The van der Waals surface area contributed by atoms with E-state index < -0.39 is 0 Å². The normalized spacial score (nSPS) is 12.9. The van der Waals surface area contributed by atoms with Crippen LogP contribution in [0.25, 0.3) is 66.8 Å². The van der Waals surface area contributed by atoms with Gasteiger partial charge in [-0.05, 0) is 249 Å². The molecule has 0 spiro atoms. The Morgan fingerprint density at radius 2 is 0.515 bits per heavy atom. The third kappa shape index (κ3) is 7.47. The van der Waals surface area contributed by atoms with E-state index in [-0.39, 0.29) is 11.8 Å². The largest absolute Gasteiger partial charge is 0.0617 e. The molecule has 0 aromatic heterocycles. The molecule has 0 fully saturated rings. The monoisotopic (exact) mass is 1010 g/mol. The van der Waals surface area contributed by atoms with Crippen LogP contribution in [-0.2, 0) is 12.8 Å². The van der Waals surface area contributed by atoms with Gasteiger partial charge < -0.3 is 0 Å². The fraction of sp³-hybridized carbons (Fsp3) is 0.182. The third-order valence-electron chi connectivity index (χ3n) is 15.5. The molecular weight excluding hydrogens is 953 g/mol. The lowest BCUT2D eigenvalue weighted by molar-refractivity contribution is 0.774. The summed E-state index contributed by atoms with van der Waals surface area (Å²) in [6.45, 7) is 17.9. The van der Waals surface area contributed by atoms with Gasteiger partial charge in [-0.2, -0.15) is 0 Å². The molecule has 334 valence electrons. The van der Waals surface area contributed by atoms with Crippen LogP contribution in [0.3, 0.4) is 0 Å². The van der Waals surface area contributed by atoms with Gasteiger partial charge >= 0.3 is 0 Å². The first-order chi connectivity index (χ1) is 32.9. The van der Waals surface area contributed by atoms with Gasteiger partial charge in [0.2, 0.25) is 0 Å². The molecule has 11 rings (SSSR count). The predicted octanol–water partition coefficient (Wildman–Crippen LogP) is 19.1. The molecule has 0 atom stereocenters. The Balaban J connectivity index is 1.05. The summed E-state index contributed by atoms with van der Waals surface area (Å²) >= 11 is 8.35. The average Bonchev–Trinajstić information content (AvgIpc) is 3.78. The standard InChI is InChI=1S/C66H56Br2/c1-37-13-9-14-38(2)63(37)45-21-25-49-53(31-45)54-32-46(64-39(3)15-10-16-40(64)4)22-26-50(54)57(49)35-59-60(62(68)30-29-61(59)67)36-58-51-27-23-47(65-41(5)17-11-18-42(65)6)33-55(51)56-34-48(24-28-52(56)58)66-43(7)19-12-20-44(66)8/h9-34,57-58H,35-36H2,1-8H3. The van der Waals surface area contributed by atoms with Crippen LogP contribution in [0.2, 0.25) is 0 Å². The molecule has 0 nitrogen and oxygen atoms in total. The summed E-state index contributed by atoms with van der Waals surface area (Å²) < 4.78 is 2.33. The number of halogens is 2. The number of fused-ring (bicyclic) bond motifs is 6. The van der Waals surface area contributed by atoms with Crippen LogP contribution >= 0.6 is 31.9 Å². The van der Waals surface area contributed by atoms with E-state index in [0.717, 1.165) is 12.8 Å². The summed E-state index contributed by atoms with van der Waals surface area (Å²) in [5, 5.41) is 0. The molecule has 0 radical (unpaired) electrons. The summed E-state index contributed by atoms with van der Waals surface area (Å²) in [5.41, 5.74) is 34.7. The molecule has 0 amide bonds. The highest BCUT2D eigenvalue weighted by molar-refractivity contribution is 9.11. The molecule has 0 aliphatic heterocycles. The summed E-state index contributed by atoms with van der Waals surface area (Å²) in [7, 11) is 0. The number of hydrogen-bond acceptors (Lipinski definition) is 0. The molecule has 0 unspecified atom stereocenters. The smallest absolute Gasteiger partial charge is 0.0211 e. The van der Waals surface area contributed by atoms with Crippen molar-refractivity contribution < 1.29 is 0 Å². The van der Waals surface area contributed by atoms with Gasteiger partial charge in [0, 0.05) is 20.8 Å². The zero-order valence-corrected chi connectivity index (χ0v) is 43.5. The maximum Gasteiger partial charge on any atom is 0.0211 e. The van der Waals surface area contributed by atoms with Crippen LogP contribution in [0.15, 0.2) is 167 Å². The van der Waals surface area contributed by atoms with Crippen LogP contribution in [0.4, 0.5) is 0 Å². The van der Waals surface area contributed by atoms with Gasteiger partial charge in [-0.3, -0.25) is 0 Å². The molecule has 9 aromatic carbocycles. The van der Waals surface area contributed by atoms with Gasteiger partial charge in [0.25, 0.3) is 0 Å².